The maximum atomic E-state index is 14.2. The number of pyridine rings is 1. The summed E-state index contributed by atoms with van der Waals surface area (Å²) in [5.74, 6) is 0. The molecule has 1 aromatic heterocycles. The molecule has 189 valence electrons. The number of rotatable bonds is 4. The first-order valence-corrected chi connectivity index (χ1v) is 13.9. The van der Waals surface area contributed by atoms with Gasteiger partial charge in [-0.15, -0.1) is 52.7 Å². The number of benzene rings is 5. The van der Waals surface area contributed by atoms with Crippen LogP contribution in [0.2, 0.25) is 0 Å². The van der Waals surface area contributed by atoms with Crippen molar-refractivity contribution in [2.45, 2.75) is 6.92 Å². The van der Waals surface area contributed by atoms with Crippen molar-refractivity contribution in [3.63, 3.8) is 0 Å². The Hall–Kier alpha value is -3.61. The van der Waals surface area contributed by atoms with Gasteiger partial charge >= 0.3 is 0 Å². The number of fused-ring (bicyclic) bond motifs is 1. The first kappa shape index (κ1) is 27.4. The zero-order valence-electron chi connectivity index (χ0n) is 20.9. The fraction of sp³-hybridized carbons (Fsp3) is 0.0294. The minimum absolute atomic E-state index is 0. The van der Waals surface area contributed by atoms with Crippen molar-refractivity contribution < 1.29 is 24.7 Å². The van der Waals surface area contributed by atoms with Crippen LogP contribution in [0.1, 0.15) is 5.56 Å². The molecule has 0 aliphatic rings. The summed E-state index contributed by atoms with van der Waals surface area (Å²) in [5, 5.41) is 4.61. The van der Waals surface area contributed by atoms with E-state index in [4.69, 9.17) is 0 Å². The summed E-state index contributed by atoms with van der Waals surface area (Å²) < 4.78 is 14.2. The molecule has 2 nitrogen and oxygen atoms in total. The second-order valence-electron chi connectivity index (χ2n) is 8.72. The molecule has 6 rings (SSSR count). The Balaban J connectivity index is 0.000000204. The molecule has 0 saturated carbocycles. The second-order valence-corrected chi connectivity index (χ2v) is 11.5. The third kappa shape index (κ3) is 6.09. The summed E-state index contributed by atoms with van der Waals surface area (Å²) >= 11 is 0. The largest absolute Gasteiger partial charge is 0.311 e. The topological polar surface area (TPSA) is 30.0 Å². The predicted molar refractivity (Wildman–Crippen MR) is 155 cm³/mol. The Labute approximate surface area is 238 Å². The average molecular weight is 688 g/mol. The van der Waals surface area contributed by atoms with Gasteiger partial charge in [0.2, 0.25) is 0 Å². The fourth-order valence-electron chi connectivity index (χ4n) is 4.18. The van der Waals surface area contributed by atoms with Crippen LogP contribution < -0.4 is 15.9 Å². The summed E-state index contributed by atoms with van der Waals surface area (Å²) in [4.78, 5) is 4.32. The molecule has 0 fully saturated rings. The van der Waals surface area contributed by atoms with Gasteiger partial charge in [-0.3, -0.25) is 0 Å². The van der Waals surface area contributed by atoms with Crippen molar-refractivity contribution in [2.75, 3.05) is 0 Å². The number of aryl methyl sites for hydroxylation is 1. The minimum Gasteiger partial charge on any atom is -0.311 e. The quantitative estimate of drug-likeness (QED) is 0.146. The van der Waals surface area contributed by atoms with Gasteiger partial charge in [-0.2, -0.15) is 18.2 Å². The van der Waals surface area contributed by atoms with Crippen LogP contribution in [0.3, 0.4) is 0 Å². The van der Waals surface area contributed by atoms with E-state index in [9.17, 15) is 4.57 Å². The first-order valence-electron chi connectivity index (χ1n) is 12.2. The standard InChI is InChI=1S/C22H16OP.C12H10N.Ir/c23-24(20-11-3-1-4-12-20,21-13-5-2-6-14-21)22-16-15-18-9-7-8-10-19(18)17-22;1-10-7-8-12(13-9-10)11-5-3-2-4-6-11;/h1-15,17H;2-5,7-9H,1H3;/q2*-1;. The molecule has 0 unspecified atom stereocenters. The van der Waals surface area contributed by atoms with Gasteiger partial charge in [0.15, 0.2) is 0 Å². The van der Waals surface area contributed by atoms with E-state index in [0.717, 1.165) is 37.9 Å². The second kappa shape index (κ2) is 12.8. The van der Waals surface area contributed by atoms with Crippen molar-refractivity contribution >= 4 is 33.8 Å². The molecule has 0 bridgehead atoms. The van der Waals surface area contributed by atoms with E-state index in [0.29, 0.717) is 0 Å². The molecule has 0 N–H and O–H groups in total. The zero-order valence-corrected chi connectivity index (χ0v) is 24.2. The Morgan fingerprint density at radius 1 is 0.658 bits per heavy atom. The summed E-state index contributed by atoms with van der Waals surface area (Å²) in [6.07, 6.45) is 1.87. The normalized spacial score (nSPS) is 10.7. The SMILES string of the molecule is Cc1ccc(-c2[c-]cccc2)nc1.O=P(c1[c-]cc2ccccc2c1)(c1ccccc1)c1ccccc1.[Ir]. The molecule has 1 radical (unpaired) electrons. The molecule has 5 aromatic carbocycles. The van der Waals surface area contributed by atoms with Crippen molar-refractivity contribution in [2.24, 2.45) is 0 Å². The summed E-state index contributed by atoms with van der Waals surface area (Å²) in [7, 11) is -2.94. The molecule has 1 heterocycles. The molecule has 0 amide bonds. The van der Waals surface area contributed by atoms with Crippen LogP contribution in [0.15, 0.2) is 140 Å². The summed E-state index contributed by atoms with van der Waals surface area (Å²) in [6.45, 7) is 2.03. The van der Waals surface area contributed by atoms with E-state index < -0.39 is 7.14 Å². The zero-order chi connectivity index (χ0) is 25.5. The van der Waals surface area contributed by atoms with Crippen molar-refractivity contribution in [1.82, 2.24) is 4.98 Å². The van der Waals surface area contributed by atoms with E-state index in [1.807, 2.05) is 141 Å². The van der Waals surface area contributed by atoms with Gasteiger partial charge in [-0.05, 0) is 18.2 Å². The Bertz CT molecular complexity index is 1590. The maximum absolute atomic E-state index is 14.2. The van der Waals surface area contributed by atoms with Gasteiger partial charge in [0.05, 0.1) is 0 Å². The minimum atomic E-state index is -2.94. The van der Waals surface area contributed by atoms with Crippen LogP contribution in [0.5, 0.6) is 0 Å². The number of hydrogen-bond acceptors (Lipinski definition) is 2. The van der Waals surface area contributed by atoms with Crippen LogP contribution in [0.25, 0.3) is 22.0 Å². The molecular weight excluding hydrogens is 662 g/mol. The fourth-order valence-corrected chi connectivity index (χ4v) is 6.78. The molecule has 38 heavy (non-hydrogen) atoms. The third-order valence-electron chi connectivity index (χ3n) is 6.14. The molecule has 0 atom stereocenters. The van der Waals surface area contributed by atoms with Crippen molar-refractivity contribution in [3.05, 3.63) is 157 Å². The van der Waals surface area contributed by atoms with Gasteiger partial charge in [-0.1, -0.05) is 96.3 Å². The predicted octanol–water partition coefficient (Wildman–Crippen LogP) is 7.13. The van der Waals surface area contributed by atoms with E-state index in [1.54, 1.807) is 0 Å². The van der Waals surface area contributed by atoms with Crippen molar-refractivity contribution in [1.29, 1.82) is 0 Å². The third-order valence-corrected chi connectivity index (χ3v) is 9.13. The van der Waals surface area contributed by atoms with Crippen LogP contribution >= 0.6 is 7.14 Å². The number of nitrogens with zero attached hydrogens (tertiary/aromatic N) is 1. The molecule has 4 heteroatoms. The Kier molecular flexibility index (Phi) is 9.21. The van der Waals surface area contributed by atoms with Crippen LogP contribution in [-0.2, 0) is 24.7 Å². The van der Waals surface area contributed by atoms with Crippen LogP contribution in [0, 0.1) is 19.1 Å². The molecule has 0 spiro atoms. The Morgan fingerprint density at radius 2 is 1.26 bits per heavy atom. The van der Waals surface area contributed by atoms with E-state index in [2.05, 4.69) is 23.2 Å². The molecular formula is C34H26IrNOP-2. The summed E-state index contributed by atoms with van der Waals surface area (Å²) in [6, 6.07) is 49.8. The average Bonchev–Trinajstić information content (AvgIpc) is 2.98. The van der Waals surface area contributed by atoms with E-state index in [1.165, 1.54) is 5.56 Å². The van der Waals surface area contributed by atoms with Gasteiger partial charge in [0.1, 0.15) is 7.14 Å². The monoisotopic (exact) mass is 688 g/mol. The molecule has 0 aliphatic carbocycles. The van der Waals surface area contributed by atoms with Crippen LogP contribution in [0.4, 0.5) is 0 Å². The smallest absolute Gasteiger partial charge is 0.147 e. The first-order chi connectivity index (χ1) is 18.1. The van der Waals surface area contributed by atoms with E-state index in [-0.39, 0.29) is 20.1 Å². The van der Waals surface area contributed by atoms with E-state index >= 15 is 0 Å². The number of hydrogen-bond donors (Lipinski definition) is 0. The Morgan fingerprint density at radius 3 is 1.84 bits per heavy atom. The van der Waals surface area contributed by atoms with Crippen LogP contribution in [-0.4, -0.2) is 4.98 Å². The van der Waals surface area contributed by atoms with Gasteiger partial charge in [0, 0.05) is 36.9 Å². The number of aromatic nitrogens is 1. The van der Waals surface area contributed by atoms with Crippen molar-refractivity contribution in [3.8, 4) is 11.3 Å². The molecule has 6 aromatic rings. The van der Waals surface area contributed by atoms with Gasteiger partial charge in [-0.25, -0.2) is 0 Å². The van der Waals surface area contributed by atoms with Gasteiger partial charge in [0.25, 0.3) is 0 Å². The van der Waals surface area contributed by atoms with Gasteiger partial charge < -0.3 is 9.55 Å². The molecule has 0 aliphatic heterocycles. The summed E-state index contributed by atoms with van der Waals surface area (Å²) in [5.41, 5.74) is 3.20. The maximum Gasteiger partial charge on any atom is 0.147 e. The molecule has 0 saturated heterocycles.